The number of nitrogens with zero attached hydrogens (tertiary/aromatic N) is 4. The standard InChI is InChI=1S/C10H11BrN4O2/c11-7-3-12-9(13-4-7)14-1-2-15-8(5-14)6-17-10(15)16/h3-4,8H,1-2,5-6H2/t8-/m1/s1. The van der Waals surface area contributed by atoms with Crippen LogP contribution in [-0.4, -0.2) is 53.2 Å². The van der Waals surface area contributed by atoms with Gasteiger partial charge in [-0.1, -0.05) is 0 Å². The van der Waals surface area contributed by atoms with E-state index in [1.54, 1.807) is 17.3 Å². The van der Waals surface area contributed by atoms with E-state index in [1.807, 2.05) is 0 Å². The van der Waals surface area contributed by atoms with E-state index in [1.165, 1.54) is 0 Å². The number of carbonyl (C=O) groups excluding carboxylic acids is 1. The summed E-state index contributed by atoms with van der Waals surface area (Å²) < 4.78 is 5.88. The number of halogens is 1. The average molecular weight is 299 g/mol. The second kappa shape index (κ2) is 4.14. The maximum absolute atomic E-state index is 11.3. The van der Waals surface area contributed by atoms with Gasteiger partial charge in [0.1, 0.15) is 6.61 Å². The van der Waals surface area contributed by atoms with Gasteiger partial charge in [0.2, 0.25) is 5.95 Å². The molecule has 2 saturated heterocycles. The van der Waals surface area contributed by atoms with Crippen LogP contribution in [0.4, 0.5) is 10.7 Å². The minimum absolute atomic E-state index is 0.128. The fourth-order valence-electron chi connectivity index (χ4n) is 2.14. The maximum Gasteiger partial charge on any atom is 0.410 e. The van der Waals surface area contributed by atoms with Gasteiger partial charge in [-0.15, -0.1) is 0 Å². The van der Waals surface area contributed by atoms with Gasteiger partial charge in [0.05, 0.1) is 10.5 Å². The monoisotopic (exact) mass is 298 g/mol. The van der Waals surface area contributed by atoms with E-state index in [0.29, 0.717) is 19.1 Å². The lowest BCUT2D eigenvalue weighted by Gasteiger charge is -2.35. The van der Waals surface area contributed by atoms with Gasteiger partial charge >= 0.3 is 6.09 Å². The molecule has 17 heavy (non-hydrogen) atoms. The van der Waals surface area contributed by atoms with Crippen LogP contribution in [-0.2, 0) is 4.74 Å². The van der Waals surface area contributed by atoms with E-state index in [2.05, 4.69) is 30.8 Å². The molecule has 0 unspecified atom stereocenters. The number of amides is 1. The fraction of sp³-hybridized carbons (Fsp3) is 0.500. The highest BCUT2D eigenvalue weighted by Crippen LogP contribution is 2.20. The molecule has 0 aromatic carbocycles. The third-order valence-corrected chi connectivity index (χ3v) is 3.42. The zero-order chi connectivity index (χ0) is 11.8. The third kappa shape index (κ3) is 1.95. The van der Waals surface area contributed by atoms with Crippen molar-refractivity contribution in [2.45, 2.75) is 6.04 Å². The van der Waals surface area contributed by atoms with Crippen molar-refractivity contribution in [3.8, 4) is 0 Å². The summed E-state index contributed by atoms with van der Waals surface area (Å²) in [4.78, 5) is 23.7. The molecule has 0 bridgehead atoms. The lowest BCUT2D eigenvalue weighted by atomic mass is 10.2. The number of hydrogen-bond donors (Lipinski definition) is 0. The Morgan fingerprint density at radius 1 is 1.35 bits per heavy atom. The van der Waals surface area contributed by atoms with Crippen molar-refractivity contribution in [2.75, 3.05) is 31.1 Å². The molecule has 2 fully saturated rings. The molecule has 1 amide bonds. The predicted octanol–water partition coefficient (Wildman–Crippen LogP) is 0.880. The molecule has 0 aliphatic carbocycles. The Balaban J connectivity index is 1.75. The van der Waals surface area contributed by atoms with Gasteiger partial charge in [0, 0.05) is 32.0 Å². The summed E-state index contributed by atoms with van der Waals surface area (Å²) in [5.74, 6) is 0.701. The molecule has 3 rings (SSSR count). The van der Waals surface area contributed by atoms with Crippen LogP contribution in [0.5, 0.6) is 0 Å². The third-order valence-electron chi connectivity index (χ3n) is 3.01. The van der Waals surface area contributed by atoms with Crippen LogP contribution in [0.15, 0.2) is 16.9 Å². The van der Waals surface area contributed by atoms with E-state index >= 15 is 0 Å². The number of carbonyl (C=O) groups is 1. The van der Waals surface area contributed by atoms with E-state index < -0.39 is 0 Å². The topological polar surface area (TPSA) is 58.6 Å². The molecular weight excluding hydrogens is 288 g/mol. The van der Waals surface area contributed by atoms with Gasteiger partial charge in [0.15, 0.2) is 0 Å². The van der Waals surface area contributed by atoms with Gasteiger partial charge in [-0.3, -0.25) is 4.90 Å². The first-order chi connectivity index (χ1) is 8.24. The molecule has 2 aliphatic rings. The summed E-state index contributed by atoms with van der Waals surface area (Å²) in [6.45, 7) is 2.61. The SMILES string of the molecule is O=C1OC[C@H]2CN(c3ncc(Br)cn3)CCN12. The number of hydrogen-bond acceptors (Lipinski definition) is 5. The van der Waals surface area contributed by atoms with Crippen molar-refractivity contribution in [1.29, 1.82) is 0 Å². The smallest absolute Gasteiger partial charge is 0.410 e. The zero-order valence-electron chi connectivity index (χ0n) is 9.04. The number of piperazine rings is 1. The maximum atomic E-state index is 11.3. The van der Waals surface area contributed by atoms with Crippen LogP contribution in [0.3, 0.4) is 0 Å². The van der Waals surface area contributed by atoms with Gasteiger partial charge in [0.25, 0.3) is 0 Å². The minimum atomic E-state index is -0.202. The van der Waals surface area contributed by atoms with Crippen molar-refractivity contribution in [3.63, 3.8) is 0 Å². The lowest BCUT2D eigenvalue weighted by Crippen LogP contribution is -2.52. The second-order valence-electron chi connectivity index (χ2n) is 4.07. The van der Waals surface area contributed by atoms with Gasteiger partial charge < -0.3 is 9.64 Å². The number of anilines is 1. The molecule has 0 N–H and O–H groups in total. The van der Waals surface area contributed by atoms with Crippen molar-refractivity contribution in [1.82, 2.24) is 14.9 Å². The average Bonchev–Trinajstić information content (AvgIpc) is 2.72. The van der Waals surface area contributed by atoms with Crippen molar-refractivity contribution < 1.29 is 9.53 Å². The van der Waals surface area contributed by atoms with Gasteiger partial charge in [-0.25, -0.2) is 14.8 Å². The molecule has 7 heteroatoms. The second-order valence-corrected chi connectivity index (χ2v) is 4.99. The van der Waals surface area contributed by atoms with Crippen LogP contribution >= 0.6 is 15.9 Å². The van der Waals surface area contributed by atoms with E-state index in [-0.39, 0.29) is 12.1 Å². The molecule has 3 heterocycles. The zero-order valence-corrected chi connectivity index (χ0v) is 10.6. The lowest BCUT2D eigenvalue weighted by molar-refractivity contribution is 0.157. The Kier molecular flexibility index (Phi) is 2.62. The quantitative estimate of drug-likeness (QED) is 0.770. The van der Waals surface area contributed by atoms with Crippen LogP contribution in [0.1, 0.15) is 0 Å². The molecule has 1 atom stereocenters. The summed E-state index contributed by atoms with van der Waals surface area (Å²) in [6.07, 6.45) is 3.25. The van der Waals surface area contributed by atoms with E-state index in [0.717, 1.165) is 17.6 Å². The highest BCUT2D eigenvalue weighted by Gasteiger charge is 2.37. The number of cyclic esters (lactones) is 1. The summed E-state index contributed by atoms with van der Waals surface area (Å²) in [6, 6.07) is 0.128. The summed E-state index contributed by atoms with van der Waals surface area (Å²) in [5, 5.41) is 0. The molecule has 0 radical (unpaired) electrons. The molecule has 6 nitrogen and oxygen atoms in total. The summed E-state index contributed by atoms with van der Waals surface area (Å²) in [7, 11) is 0. The first-order valence-electron chi connectivity index (χ1n) is 5.40. The van der Waals surface area contributed by atoms with Crippen molar-refractivity contribution >= 4 is 28.0 Å². The molecule has 90 valence electrons. The Labute approximate surface area is 107 Å². The molecule has 0 saturated carbocycles. The summed E-state index contributed by atoms with van der Waals surface area (Å²) in [5.41, 5.74) is 0. The fourth-order valence-corrected chi connectivity index (χ4v) is 2.34. The Hall–Kier alpha value is -1.37. The van der Waals surface area contributed by atoms with Crippen molar-refractivity contribution in [3.05, 3.63) is 16.9 Å². The molecule has 2 aliphatic heterocycles. The van der Waals surface area contributed by atoms with E-state index in [9.17, 15) is 4.79 Å². The number of aromatic nitrogens is 2. The largest absolute Gasteiger partial charge is 0.447 e. The highest BCUT2D eigenvalue weighted by atomic mass is 79.9. The van der Waals surface area contributed by atoms with Crippen LogP contribution in [0.25, 0.3) is 0 Å². The molecule has 0 spiro atoms. The Morgan fingerprint density at radius 2 is 2.12 bits per heavy atom. The normalized spacial score (nSPS) is 23.6. The van der Waals surface area contributed by atoms with Crippen LogP contribution < -0.4 is 4.90 Å². The van der Waals surface area contributed by atoms with Gasteiger partial charge in [-0.2, -0.15) is 0 Å². The first-order valence-corrected chi connectivity index (χ1v) is 6.19. The summed E-state index contributed by atoms with van der Waals surface area (Å²) >= 11 is 3.31. The van der Waals surface area contributed by atoms with Crippen LogP contribution in [0, 0.1) is 0 Å². The molecule has 1 aromatic rings. The molecular formula is C10H11BrN4O2. The van der Waals surface area contributed by atoms with Crippen molar-refractivity contribution in [2.24, 2.45) is 0 Å². The molecule has 1 aromatic heterocycles. The minimum Gasteiger partial charge on any atom is -0.447 e. The first kappa shape index (κ1) is 10.8. The Morgan fingerprint density at radius 3 is 2.88 bits per heavy atom. The number of ether oxygens (including phenoxy) is 1. The predicted molar refractivity (Wildman–Crippen MR) is 63.8 cm³/mol. The van der Waals surface area contributed by atoms with Gasteiger partial charge in [-0.05, 0) is 15.9 Å². The Bertz CT molecular complexity index is 438. The highest BCUT2D eigenvalue weighted by molar-refractivity contribution is 9.10. The number of fused-ring (bicyclic) bond motifs is 1. The van der Waals surface area contributed by atoms with E-state index in [4.69, 9.17) is 4.74 Å². The number of rotatable bonds is 1. The van der Waals surface area contributed by atoms with Crippen LogP contribution in [0.2, 0.25) is 0 Å².